The molecule has 2 rings (SSSR count). The molecule has 2 nitrogen and oxygen atoms in total. The van der Waals surface area contributed by atoms with E-state index < -0.39 is 0 Å². The van der Waals surface area contributed by atoms with Gasteiger partial charge < -0.3 is 4.90 Å². The highest BCUT2D eigenvalue weighted by Crippen LogP contribution is 2.30. The maximum atomic E-state index is 11.9. The number of nitrogens with zero attached hydrogens (tertiary/aromatic N) is 1. The number of rotatable bonds is 3. The van der Waals surface area contributed by atoms with E-state index in [0.29, 0.717) is 12.3 Å². The van der Waals surface area contributed by atoms with Gasteiger partial charge in [0.25, 0.3) is 0 Å². The van der Waals surface area contributed by atoms with Gasteiger partial charge in [0.05, 0.1) is 6.04 Å². The highest BCUT2D eigenvalue weighted by atomic mass is 16.2. The van der Waals surface area contributed by atoms with Crippen molar-refractivity contribution >= 4 is 5.91 Å². The molecule has 1 aliphatic rings. The molecule has 0 aromatic heterocycles. The maximum Gasteiger partial charge on any atom is 0.223 e. The van der Waals surface area contributed by atoms with E-state index in [4.69, 9.17) is 0 Å². The van der Waals surface area contributed by atoms with Gasteiger partial charge >= 0.3 is 0 Å². The molecule has 0 radical (unpaired) electrons. The fraction of sp³-hybridized carbons (Fsp3) is 0.400. The SMILES string of the molecule is C=CC1CC(=O)N(C(C)c2ccccc2C)C1. The molecule has 1 aromatic rings. The van der Waals surface area contributed by atoms with Gasteiger partial charge in [-0.05, 0) is 25.0 Å². The largest absolute Gasteiger partial charge is 0.335 e. The van der Waals surface area contributed by atoms with Crippen LogP contribution < -0.4 is 0 Å². The minimum Gasteiger partial charge on any atom is -0.335 e. The van der Waals surface area contributed by atoms with E-state index in [2.05, 4.69) is 32.6 Å². The van der Waals surface area contributed by atoms with Gasteiger partial charge in [-0.15, -0.1) is 6.58 Å². The van der Waals surface area contributed by atoms with Gasteiger partial charge in [0.2, 0.25) is 5.91 Å². The highest BCUT2D eigenvalue weighted by Gasteiger charge is 2.31. The molecule has 0 aliphatic carbocycles. The summed E-state index contributed by atoms with van der Waals surface area (Å²) in [6.45, 7) is 8.78. The third-order valence-electron chi connectivity index (χ3n) is 3.63. The van der Waals surface area contributed by atoms with Crippen LogP contribution in [0.15, 0.2) is 36.9 Å². The third-order valence-corrected chi connectivity index (χ3v) is 3.63. The normalized spacial score (nSPS) is 21.6. The van der Waals surface area contributed by atoms with Crippen molar-refractivity contribution < 1.29 is 4.79 Å². The molecule has 2 heteroatoms. The van der Waals surface area contributed by atoms with Crippen molar-refractivity contribution in [2.75, 3.05) is 6.54 Å². The number of hydrogen-bond acceptors (Lipinski definition) is 1. The smallest absolute Gasteiger partial charge is 0.223 e. The second-order valence-electron chi connectivity index (χ2n) is 4.78. The summed E-state index contributed by atoms with van der Waals surface area (Å²) in [5.74, 6) is 0.555. The van der Waals surface area contributed by atoms with Crippen molar-refractivity contribution in [3.8, 4) is 0 Å². The van der Waals surface area contributed by atoms with Crippen LogP contribution in [-0.2, 0) is 4.79 Å². The van der Waals surface area contributed by atoms with E-state index in [1.807, 2.05) is 23.1 Å². The number of carbonyl (C=O) groups is 1. The molecule has 0 bridgehead atoms. The minimum absolute atomic E-state index is 0.161. The van der Waals surface area contributed by atoms with Crippen LogP contribution in [0.25, 0.3) is 0 Å². The van der Waals surface area contributed by atoms with Crippen molar-refractivity contribution in [1.82, 2.24) is 4.90 Å². The lowest BCUT2D eigenvalue weighted by atomic mass is 10.0. The Kier molecular flexibility index (Phi) is 3.32. The first kappa shape index (κ1) is 11.9. The first-order valence-electron chi connectivity index (χ1n) is 6.11. The fourth-order valence-corrected chi connectivity index (χ4v) is 2.52. The zero-order chi connectivity index (χ0) is 12.4. The zero-order valence-electron chi connectivity index (χ0n) is 10.5. The topological polar surface area (TPSA) is 20.3 Å². The van der Waals surface area contributed by atoms with E-state index in [1.54, 1.807) is 0 Å². The lowest BCUT2D eigenvalue weighted by Gasteiger charge is -2.26. The van der Waals surface area contributed by atoms with E-state index >= 15 is 0 Å². The molecule has 0 spiro atoms. The van der Waals surface area contributed by atoms with E-state index in [0.717, 1.165) is 6.54 Å². The van der Waals surface area contributed by atoms with Gasteiger partial charge in [-0.2, -0.15) is 0 Å². The molecule has 2 atom stereocenters. The Morgan fingerprint density at radius 2 is 2.18 bits per heavy atom. The molecule has 0 saturated carbocycles. The molecular formula is C15H19NO. The molecule has 90 valence electrons. The summed E-state index contributed by atoms with van der Waals surface area (Å²) in [6.07, 6.45) is 2.50. The lowest BCUT2D eigenvalue weighted by molar-refractivity contribution is -0.129. The third kappa shape index (κ3) is 2.26. The van der Waals surface area contributed by atoms with Crippen LogP contribution in [0, 0.1) is 12.8 Å². The number of benzene rings is 1. The number of amides is 1. The summed E-state index contributed by atoms with van der Waals surface area (Å²) >= 11 is 0. The monoisotopic (exact) mass is 229 g/mol. The quantitative estimate of drug-likeness (QED) is 0.729. The number of carbonyl (C=O) groups excluding carboxylic acids is 1. The summed E-state index contributed by atoms with van der Waals surface area (Å²) in [7, 11) is 0. The van der Waals surface area contributed by atoms with Crippen molar-refractivity contribution in [3.05, 3.63) is 48.0 Å². The Hall–Kier alpha value is -1.57. The summed E-state index contributed by atoms with van der Waals surface area (Å²) in [4.78, 5) is 13.9. The standard InChI is InChI=1S/C15H19NO/c1-4-13-9-15(17)16(10-13)12(3)14-8-6-5-7-11(14)2/h4-8,12-13H,1,9-10H2,2-3H3. The Bertz CT molecular complexity index is 438. The number of hydrogen-bond donors (Lipinski definition) is 0. The Morgan fingerprint density at radius 1 is 1.47 bits per heavy atom. The summed E-state index contributed by atoms with van der Waals surface area (Å²) in [5.41, 5.74) is 2.49. The lowest BCUT2D eigenvalue weighted by Crippen LogP contribution is -2.28. The van der Waals surface area contributed by atoms with Crippen LogP contribution in [0.4, 0.5) is 0 Å². The first-order valence-corrected chi connectivity index (χ1v) is 6.11. The average Bonchev–Trinajstić information content (AvgIpc) is 2.70. The van der Waals surface area contributed by atoms with Gasteiger partial charge in [-0.25, -0.2) is 0 Å². The number of aryl methyl sites for hydroxylation is 1. The van der Waals surface area contributed by atoms with Crippen molar-refractivity contribution in [2.45, 2.75) is 26.3 Å². The van der Waals surface area contributed by atoms with Crippen LogP contribution in [0.1, 0.15) is 30.5 Å². The molecule has 0 N–H and O–H groups in total. The Labute approximate surface area is 103 Å². The van der Waals surface area contributed by atoms with Crippen LogP contribution in [0.2, 0.25) is 0 Å². The molecule has 1 saturated heterocycles. The predicted octanol–water partition coefficient (Wildman–Crippen LogP) is 3.09. The Balaban J connectivity index is 2.21. The molecule has 2 unspecified atom stereocenters. The molecular weight excluding hydrogens is 210 g/mol. The van der Waals surface area contributed by atoms with Gasteiger partial charge in [0.1, 0.15) is 0 Å². The second-order valence-corrected chi connectivity index (χ2v) is 4.78. The van der Waals surface area contributed by atoms with Gasteiger partial charge in [-0.3, -0.25) is 4.79 Å². The van der Waals surface area contributed by atoms with E-state index in [9.17, 15) is 4.79 Å². The molecule has 1 fully saturated rings. The molecule has 1 amide bonds. The summed E-state index contributed by atoms with van der Waals surface area (Å²) in [5, 5.41) is 0. The van der Waals surface area contributed by atoms with Crippen LogP contribution in [-0.4, -0.2) is 17.4 Å². The predicted molar refractivity (Wildman–Crippen MR) is 69.6 cm³/mol. The summed E-state index contributed by atoms with van der Waals surface area (Å²) < 4.78 is 0. The maximum absolute atomic E-state index is 11.9. The summed E-state index contributed by atoms with van der Waals surface area (Å²) in [6, 6.07) is 8.42. The van der Waals surface area contributed by atoms with E-state index in [-0.39, 0.29) is 11.9 Å². The van der Waals surface area contributed by atoms with Crippen LogP contribution in [0.5, 0.6) is 0 Å². The fourth-order valence-electron chi connectivity index (χ4n) is 2.52. The minimum atomic E-state index is 0.161. The molecule has 1 heterocycles. The van der Waals surface area contributed by atoms with Gasteiger partial charge in [0.15, 0.2) is 0 Å². The number of likely N-dealkylation sites (tertiary alicyclic amines) is 1. The van der Waals surface area contributed by atoms with Crippen LogP contribution in [0.3, 0.4) is 0 Å². The van der Waals surface area contributed by atoms with Crippen LogP contribution >= 0.6 is 0 Å². The van der Waals surface area contributed by atoms with Crippen molar-refractivity contribution in [3.63, 3.8) is 0 Å². The van der Waals surface area contributed by atoms with Gasteiger partial charge in [-0.1, -0.05) is 30.3 Å². The van der Waals surface area contributed by atoms with E-state index in [1.165, 1.54) is 11.1 Å². The second kappa shape index (κ2) is 4.74. The van der Waals surface area contributed by atoms with Crippen molar-refractivity contribution in [1.29, 1.82) is 0 Å². The van der Waals surface area contributed by atoms with Crippen molar-refractivity contribution in [2.24, 2.45) is 5.92 Å². The van der Waals surface area contributed by atoms with Gasteiger partial charge in [0, 0.05) is 18.9 Å². The zero-order valence-corrected chi connectivity index (χ0v) is 10.5. The molecule has 17 heavy (non-hydrogen) atoms. The average molecular weight is 229 g/mol. The molecule has 1 aliphatic heterocycles. The first-order chi connectivity index (χ1) is 8.13. The Morgan fingerprint density at radius 3 is 2.76 bits per heavy atom. The highest BCUT2D eigenvalue weighted by molar-refractivity contribution is 5.79. The molecule has 1 aromatic carbocycles.